The highest BCUT2D eigenvalue weighted by molar-refractivity contribution is 7.18. The highest BCUT2D eigenvalue weighted by Gasteiger charge is 2.15. The van der Waals surface area contributed by atoms with Crippen molar-refractivity contribution in [3.8, 4) is 11.4 Å². The van der Waals surface area contributed by atoms with Gasteiger partial charge in [0.15, 0.2) is 5.82 Å². The average Bonchev–Trinajstić information content (AvgIpc) is 3.18. The second-order valence-electron chi connectivity index (χ2n) is 7.48. The number of benzene rings is 1. The van der Waals surface area contributed by atoms with Crippen LogP contribution in [0.3, 0.4) is 0 Å². The van der Waals surface area contributed by atoms with Gasteiger partial charge in [0.2, 0.25) is 0 Å². The predicted molar refractivity (Wildman–Crippen MR) is 121 cm³/mol. The first-order valence-corrected chi connectivity index (χ1v) is 10.7. The first-order chi connectivity index (χ1) is 14.1. The van der Waals surface area contributed by atoms with Crippen LogP contribution in [0.4, 0.5) is 5.82 Å². The number of nitrogens with one attached hydrogen (secondary N) is 1. The molecular formula is C23H25N5S. The van der Waals surface area contributed by atoms with E-state index in [9.17, 15) is 0 Å². The minimum atomic E-state index is -0.00463. The van der Waals surface area contributed by atoms with Crippen molar-refractivity contribution in [1.82, 2.24) is 15.0 Å². The summed E-state index contributed by atoms with van der Waals surface area (Å²) in [5.41, 5.74) is 8.59. The normalized spacial score (nSPS) is 12.4. The number of anilines is 1. The van der Waals surface area contributed by atoms with E-state index in [2.05, 4.69) is 42.3 Å². The molecular weight excluding hydrogens is 378 g/mol. The summed E-state index contributed by atoms with van der Waals surface area (Å²) in [4.78, 5) is 16.0. The molecule has 0 amide bonds. The van der Waals surface area contributed by atoms with E-state index in [1.807, 2.05) is 30.3 Å². The maximum atomic E-state index is 6.39. The Bertz CT molecular complexity index is 1080. The van der Waals surface area contributed by atoms with Gasteiger partial charge in [-0.2, -0.15) is 0 Å². The summed E-state index contributed by atoms with van der Waals surface area (Å²) in [6, 6.07) is 16.4. The van der Waals surface area contributed by atoms with E-state index < -0.39 is 0 Å². The van der Waals surface area contributed by atoms with Crippen LogP contribution in [0.1, 0.15) is 30.2 Å². The zero-order valence-corrected chi connectivity index (χ0v) is 17.5. The Morgan fingerprint density at radius 1 is 1.03 bits per heavy atom. The van der Waals surface area contributed by atoms with E-state index in [1.165, 1.54) is 10.4 Å². The molecule has 0 spiro atoms. The quantitative estimate of drug-likeness (QED) is 0.461. The summed E-state index contributed by atoms with van der Waals surface area (Å²) in [5.74, 6) is 2.00. The Hall–Kier alpha value is -2.83. The van der Waals surface area contributed by atoms with Crippen molar-refractivity contribution in [3.63, 3.8) is 0 Å². The lowest BCUT2D eigenvalue weighted by atomic mass is 10.1. The lowest BCUT2D eigenvalue weighted by molar-refractivity contribution is 0.698. The van der Waals surface area contributed by atoms with Gasteiger partial charge in [-0.15, -0.1) is 11.3 Å². The van der Waals surface area contributed by atoms with Gasteiger partial charge in [-0.1, -0.05) is 44.2 Å². The molecule has 0 bridgehead atoms. The number of fused-ring (bicyclic) bond motifs is 1. The summed E-state index contributed by atoms with van der Waals surface area (Å²) in [7, 11) is 0. The number of nitrogens with zero attached hydrogens (tertiary/aromatic N) is 3. The van der Waals surface area contributed by atoms with E-state index in [1.54, 1.807) is 23.7 Å². The minimum absolute atomic E-state index is 0.00463. The summed E-state index contributed by atoms with van der Waals surface area (Å²) in [6.45, 7) is 5.04. The maximum absolute atomic E-state index is 6.39. The van der Waals surface area contributed by atoms with Crippen LogP contribution in [0.25, 0.3) is 21.6 Å². The molecule has 5 nitrogen and oxygen atoms in total. The summed E-state index contributed by atoms with van der Waals surface area (Å²) in [5, 5.41) is 4.54. The van der Waals surface area contributed by atoms with E-state index in [-0.39, 0.29) is 6.04 Å². The summed E-state index contributed by atoms with van der Waals surface area (Å²) in [6.07, 6.45) is 4.35. The first kappa shape index (κ1) is 19.5. The van der Waals surface area contributed by atoms with Gasteiger partial charge in [-0.25, -0.2) is 9.97 Å². The van der Waals surface area contributed by atoms with Gasteiger partial charge in [0.1, 0.15) is 10.6 Å². The van der Waals surface area contributed by atoms with Crippen LogP contribution in [-0.2, 0) is 6.42 Å². The van der Waals surface area contributed by atoms with E-state index in [0.29, 0.717) is 18.3 Å². The maximum Gasteiger partial charge on any atom is 0.163 e. The fourth-order valence-corrected chi connectivity index (χ4v) is 4.24. The Labute approximate surface area is 175 Å². The van der Waals surface area contributed by atoms with Gasteiger partial charge in [0.25, 0.3) is 0 Å². The van der Waals surface area contributed by atoms with Crippen LogP contribution in [0.5, 0.6) is 0 Å². The Balaban J connectivity index is 1.62. The molecule has 0 unspecified atom stereocenters. The molecule has 6 heteroatoms. The topological polar surface area (TPSA) is 76.7 Å². The molecule has 3 N–H and O–H groups in total. The molecule has 0 radical (unpaired) electrons. The molecule has 1 aromatic carbocycles. The predicted octanol–water partition coefficient (Wildman–Crippen LogP) is 4.86. The third-order valence-corrected chi connectivity index (χ3v) is 6.12. The molecule has 0 aliphatic rings. The number of thiophene rings is 1. The Kier molecular flexibility index (Phi) is 5.83. The number of hydrogen-bond acceptors (Lipinski definition) is 6. The molecule has 0 fully saturated rings. The van der Waals surface area contributed by atoms with Gasteiger partial charge in [0.05, 0.1) is 5.39 Å². The van der Waals surface area contributed by atoms with Crippen molar-refractivity contribution in [2.24, 2.45) is 5.73 Å². The summed E-state index contributed by atoms with van der Waals surface area (Å²) >= 11 is 1.73. The van der Waals surface area contributed by atoms with Crippen molar-refractivity contribution < 1.29 is 0 Å². The second kappa shape index (κ2) is 8.68. The molecule has 4 aromatic rings. The molecule has 0 saturated heterocycles. The highest BCUT2D eigenvalue weighted by atomic mass is 32.1. The minimum Gasteiger partial charge on any atom is -0.368 e. The zero-order chi connectivity index (χ0) is 20.2. The van der Waals surface area contributed by atoms with Crippen LogP contribution in [-0.4, -0.2) is 27.5 Å². The van der Waals surface area contributed by atoms with E-state index >= 15 is 0 Å². The van der Waals surface area contributed by atoms with E-state index in [0.717, 1.165) is 28.0 Å². The lowest BCUT2D eigenvalue weighted by Gasteiger charge is -2.14. The standard InChI is InChI=1S/C23H25N5S/c1-15(2)20-13-19-22(26-14-18(24)12-16-6-4-3-5-7-16)27-21(28-23(19)29-20)17-8-10-25-11-9-17/h3-11,13,15,18H,12,14,24H2,1-2H3,(H,26,27,28)/t18-/m0/s1. The smallest absolute Gasteiger partial charge is 0.163 e. The molecule has 3 aromatic heterocycles. The van der Waals surface area contributed by atoms with Gasteiger partial charge >= 0.3 is 0 Å². The number of nitrogens with two attached hydrogens (primary N) is 1. The molecule has 148 valence electrons. The van der Waals surface area contributed by atoms with Gasteiger partial charge in [-0.3, -0.25) is 4.98 Å². The molecule has 0 saturated carbocycles. The van der Waals surface area contributed by atoms with Crippen molar-refractivity contribution in [2.75, 3.05) is 11.9 Å². The van der Waals surface area contributed by atoms with Gasteiger partial charge < -0.3 is 11.1 Å². The number of pyridine rings is 1. The monoisotopic (exact) mass is 403 g/mol. The zero-order valence-electron chi connectivity index (χ0n) is 16.7. The molecule has 0 aliphatic carbocycles. The van der Waals surface area contributed by atoms with Crippen LogP contribution in [0.2, 0.25) is 0 Å². The molecule has 1 atom stereocenters. The average molecular weight is 404 g/mol. The number of rotatable bonds is 7. The largest absolute Gasteiger partial charge is 0.368 e. The lowest BCUT2D eigenvalue weighted by Crippen LogP contribution is -2.31. The second-order valence-corrected chi connectivity index (χ2v) is 8.55. The molecule has 29 heavy (non-hydrogen) atoms. The van der Waals surface area contributed by atoms with Gasteiger partial charge in [-0.05, 0) is 36.1 Å². The molecule has 0 aliphatic heterocycles. The molecule has 4 rings (SSSR count). The van der Waals surface area contributed by atoms with Crippen LogP contribution >= 0.6 is 11.3 Å². The van der Waals surface area contributed by atoms with Crippen molar-refractivity contribution in [3.05, 3.63) is 71.4 Å². The summed E-state index contributed by atoms with van der Waals surface area (Å²) < 4.78 is 0. The fraction of sp³-hybridized carbons (Fsp3) is 0.261. The fourth-order valence-electron chi connectivity index (χ4n) is 3.21. The first-order valence-electron chi connectivity index (χ1n) is 9.85. The van der Waals surface area contributed by atoms with E-state index in [4.69, 9.17) is 15.7 Å². The van der Waals surface area contributed by atoms with Crippen LogP contribution in [0, 0.1) is 0 Å². The van der Waals surface area contributed by atoms with Crippen molar-refractivity contribution in [1.29, 1.82) is 0 Å². The third kappa shape index (κ3) is 4.60. The number of hydrogen-bond donors (Lipinski definition) is 2. The third-order valence-electron chi connectivity index (χ3n) is 4.79. The SMILES string of the molecule is CC(C)c1cc2c(NC[C@@H](N)Cc3ccccc3)nc(-c3ccncc3)nc2s1. The van der Waals surface area contributed by atoms with Crippen LogP contribution < -0.4 is 11.1 Å². The Morgan fingerprint density at radius 3 is 2.52 bits per heavy atom. The van der Waals surface area contributed by atoms with Crippen LogP contribution in [0.15, 0.2) is 60.9 Å². The Morgan fingerprint density at radius 2 is 1.79 bits per heavy atom. The number of aromatic nitrogens is 3. The van der Waals surface area contributed by atoms with Crippen molar-refractivity contribution >= 4 is 27.4 Å². The van der Waals surface area contributed by atoms with Gasteiger partial charge in [0, 0.05) is 35.4 Å². The van der Waals surface area contributed by atoms with Crippen molar-refractivity contribution in [2.45, 2.75) is 32.2 Å². The highest BCUT2D eigenvalue weighted by Crippen LogP contribution is 2.34. The molecule has 3 heterocycles.